The van der Waals surface area contributed by atoms with Crippen LogP contribution in [0.25, 0.3) is 0 Å². The fourth-order valence-electron chi connectivity index (χ4n) is 4.36. The number of carbonyl (C=O) groups is 1. The lowest BCUT2D eigenvalue weighted by atomic mass is 9.86. The molecular formula is C26H31FN2O4. The Morgan fingerprint density at radius 1 is 1.18 bits per heavy atom. The van der Waals surface area contributed by atoms with Gasteiger partial charge in [-0.1, -0.05) is 24.3 Å². The van der Waals surface area contributed by atoms with Gasteiger partial charge in [0.25, 0.3) is 0 Å². The number of amides is 1. The van der Waals surface area contributed by atoms with Crippen molar-refractivity contribution in [3.63, 3.8) is 0 Å². The molecule has 0 aliphatic carbocycles. The van der Waals surface area contributed by atoms with Crippen LogP contribution < -0.4 is 15.0 Å². The maximum absolute atomic E-state index is 14.4. The smallest absolute Gasteiger partial charge is 0.244 e. The molecule has 4 rings (SSSR count). The largest absolute Gasteiger partial charge is 0.489 e. The van der Waals surface area contributed by atoms with E-state index < -0.39 is 5.60 Å². The molecule has 0 spiro atoms. The van der Waals surface area contributed by atoms with E-state index in [1.54, 1.807) is 19.1 Å². The molecule has 0 saturated carbocycles. The van der Waals surface area contributed by atoms with E-state index in [-0.39, 0.29) is 17.8 Å². The zero-order chi connectivity index (χ0) is 23.3. The number of nitrogens with zero attached hydrogens (tertiary/aromatic N) is 1. The average Bonchev–Trinajstić information content (AvgIpc) is 2.87. The van der Waals surface area contributed by atoms with Crippen molar-refractivity contribution < 1.29 is 23.4 Å². The fraction of sp³-hybridized carbons (Fsp3) is 0.423. The first-order valence-corrected chi connectivity index (χ1v) is 11.3. The van der Waals surface area contributed by atoms with Crippen LogP contribution in [-0.2, 0) is 26.5 Å². The second kappa shape index (κ2) is 10.5. The summed E-state index contributed by atoms with van der Waals surface area (Å²) >= 11 is 0. The van der Waals surface area contributed by atoms with Crippen LogP contribution in [0.3, 0.4) is 0 Å². The van der Waals surface area contributed by atoms with Crippen molar-refractivity contribution >= 4 is 11.6 Å². The number of carbonyl (C=O) groups excluding carboxylic acids is 1. The van der Waals surface area contributed by atoms with Gasteiger partial charge in [-0.05, 0) is 41.8 Å². The molecule has 1 amide bonds. The number of halogens is 1. The van der Waals surface area contributed by atoms with Gasteiger partial charge >= 0.3 is 0 Å². The van der Waals surface area contributed by atoms with Gasteiger partial charge in [0, 0.05) is 58.5 Å². The van der Waals surface area contributed by atoms with Crippen molar-refractivity contribution in [2.75, 3.05) is 38.8 Å². The minimum absolute atomic E-state index is 0.0378. The highest BCUT2D eigenvalue weighted by Gasteiger charge is 2.35. The van der Waals surface area contributed by atoms with Crippen LogP contribution >= 0.6 is 0 Å². The molecule has 2 aromatic rings. The molecule has 0 radical (unpaired) electrons. The van der Waals surface area contributed by atoms with Crippen molar-refractivity contribution in [1.29, 1.82) is 0 Å². The number of benzene rings is 2. The zero-order valence-corrected chi connectivity index (χ0v) is 19.2. The predicted octanol–water partition coefficient (Wildman–Crippen LogP) is 3.94. The third-order valence-electron chi connectivity index (χ3n) is 6.47. The summed E-state index contributed by atoms with van der Waals surface area (Å²) in [4.78, 5) is 14.4. The lowest BCUT2D eigenvalue weighted by Crippen LogP contribution is -2.46. The Balaban J connectivity index is 1.40. The van der Waals surface area contributed by atoms with E-state index in [4.69, 9.17) is 14.2 Å². The Bertz CT molecular complexity index is 986. The molecule has 2 aromatic carbocycles. The van der Waals surface area contributed by atoms with E-state index in [0.717, 1.165) is 16.8 Å². The standard InChI is InChI=1S/C26H31FN2O4/c1-29(25(30)24-5-3-4-12-28-24)22-8-6-19(7-9-22)18-33-23-16-20(15-21(27)17-23)26(31-2)10-13-32-14-11-26/h3-4,6-9,15-17,24,28H,5,10-14,18H2,1-2H3. The van der Waals surface area contributed by atoms with Crippen LogP contribution in [0.1, 0.15) is 30.4 Å². The third-order valence-corrected chi connectivity index (χ3v) is 6.47. The molecule has 7 heteroatoms. The van der Waals surface area contributed by atoms with Crippen molar-refractivity contribution in [3.8, 4) is 5.75 Å². The van der Waals surface area contributed by atoms with Gasteiger partial charge in [-0.25, -0.2) is 4.39 Å². The highest BCUT2D eigenvalue weighted by Crippen LogP contribution is 2.37. The summed E-state index contributed by atoms with van der Waals surface area (Å²) in [6.45, 7) is 2.16. The van der Waals surface area contributed by atoms with E-state index >= 15 is 0 Å². The first-order chi connectivity index (χ1) is 16.0. The topological polar surface area (TPSA) is 60.0 Å². The molecular weight excluding hydrogens is 423 g/mol. The van der Waals surface area contributed by atoms with Crippen LogP contribution in [0.4, 0.5) is 10.1 Å². The van der Waals surface area contributed by atoms with E-state index in [2.05, 4.69) is 5.32 Å². The lowest BCUT2D eigenvalue weighted by Gasteiger charge is -2.36. The normalized spacial score (nSPS) is 19.8. The summed E-state index contributed by atoms with van der Waals surface area (Å²) in [5.74, 6) is 0.142. The Hall–Kier alpha value is -2.74. The summed E-state index contributed by atoms with van der Waals surface area (Å²) in [5.41, 5.74) is 1.96. The van der Waals surface area contributed by atoms with Crippen molar-refractivity contribution in [1.82, 2.24) is 5.32 Å². The van der Waals surface area contributed by atoms with Gasteiger partial charge in [-0.2, -0.15) is 0 Å². The lowest BCUT2D eigenvalue weighted by molar-refractivity contribution is -0.120. The molecule has 0 aromatic heterocycles. The number of likely N-dealkylation sites (N-methyl/N-ethyl adjacent to an activating group) is 1. The van der Waals surface area contributed by atoms with Crippen LogP contribution in [0.15, 0.2) is 54.6 Å². The maximum Gasteiger partial charge on any atom is 0.244 e. The molecule has 1 unspecified atom stereocenters. The van der Waals surface area contributed by atoms with Gasteiger partial charge in [-0.15, -0.1) is 0 Å². The van der Waals surface area contributed by atoms with Gasteiger partial charge in [-0.3, -0.25) is 4.79 Å². The van der Waals surface area contributed by atoms with Gasteiger partial charge in [0.2, 0.25) is 5.91 Å². The highest BCUT2D eigenvalue weighted by molar-refractivity contribution is 5.96. The number of methoxy groups -OCH3 is 1. The summed E-state index contributed by atoms with van der Waals surface area (Å²) in [6, 6.07) is 12.2. The molecule has 1 fully saturated rings. The zero-order valence-electron chi connectivity index (χ0n) is 19.2. The molecule has 33 heavy (non-hydrogen) atoms. The maximum atomic E-state index is 14.4. The van der Waals surface area contributed by atoms with Crippen molar-refractivity contribution in [3.05, 3.63) is 71.6 Å². The summed E-state index contributed by atoms with van der Waals surface area (Å²) < 4.78 is 31.5. The molecule has 1 atom stereocenters. The Morgan fingerprint density at radius 2 is 1.94 bits per heavy atom. The van der Waals surface area contributed by atoms with Gasteiger partial charge < -0.3 is 24.4 Å². The second-order valence-electron chi connectivity index (χ2n) is 8.51. The van der Waals surface area contributed by atoms with E-state index in [9.17, 15) is 9.18 Å². The summed E-state index contributed by atoms with van der Waals surface area (Å²) in [7, 11) is 3.44. The SMILES string of the molecule is COC1(c2cc(F)cc(OCc3ccc(N(C)C(=O)C4CC=CCN4)cc3)c2)CCOCC1. The molecule has 1 N–H and O–H groups in total. The van der Waals surface area contributed by atoms with Gasteiger partial charge in [0.05, 0.1) is 11.6 Å². The molecule has 6 nitrogen and oxygen atoms in total. The Kier molecular flexibility index (Phi) is 7.42. The highest BCUT2D eigenvalue weighted by atomic mass is 19.1. The molecule has 0 bridgehead atoms. The molecule has 1 saturated heterocycles. The summed E-state index contributed by atoms with van der Waals surface area (Å²) in [6.07, 6.45) is 6.10. The Labute approximate surface area is 194 Å². The predicted molar refractivity (Wildman–Crippen MR) is 125 cm³/mol. The number of ether oxygens (including phenoxy) is 3. The minimum Gasteiger partial charge on any atom is -0.489 e. The van der Waals surface area contributed by atoms with E-state index in [1.807, 2.05) is 42.5 Å². The first-order valence-electron chi connectivity index (χ1n) is 11.3. The second-order valence-corrected chi connectivity index (χ2v) is 8.51. The molecule has 2 aliphatic rings. The molecule has 2 aliphatic heterocycles. The fourth-order valence-corrected chi connectivity index (χ4v) is 4.36. The number of hydrogen-bond donors (Lipinski definition) is 1. The number of anilines is 1. The van der Waals surface area contributed by atoms with Crippen LogP contribution in [0.5, 0.6) is 5.75 Å². The monoisotopic (exact) mass is 454 g/mol. The van der Waals surface area contributed by atoms with Gasteiger partial charge in [0.15, 0.2) is 0 Å². The average molecular weight is 455 g/mol. The van der Waals surface area contributed by atoms with Crippen LogP contribution in [0.2, 0.25) is 0 Å². The van der Waals surface area contributed by atoms with Gasteiger partial charge in [0.1, 0.15) is 18.2 Å². The molecule has 176 valence electrons. The molecule has 2 heterocycles. The van der Waals surface area contributed by atoms with Crippen LogP contribution in [-0.4, -0.2) is 45.9 Å². The van der Waals surface area contributed by atoms with E-state index in [1.165, 1.54) is 12.1 Å². The first kappa shape index (κ1) is 23.4. The summed E-state index contributed by atoms with van der Waals surface area (Å²) in [5, 5.41) is 3.21. The number of hydrogen-bond acceptors (Lipinski definition) is 5. The van der Waals surface area contributed by atoms with Crippen molar-refractivity contribution in [2.45, 2.75) is 37.5 Å². The van der Waals surface area contributed by atoms with Crippen molar-refractivity contribution in [2.24, 2.45) is 0 Å². The minimum atomic E-state index is -0.555. The third kappa shape index (κ3) is 5.43. The Morgan fingerprint density at radius 3 is 2.61 bits per heavy atom. The number of nitrogens with one attached hydrogen (secondary N) is 1. The van der Waals surface area contributed by atoms with E-state index in [0.29, 0.717) is 51.4 Å². The quantitative estimate of drug-likeness (QED) is 0.643. The number of rotatable bonds is 7. The van der Waals surface area contributed by atoms with Crippen LogP contribution in [0, 0.1) is 5.82 Å².